The number of fused-ring (bicyclic) bond motifs is 1. The lowest BCUT2D eigenvalue weighted by molar-refractivity contribution is -0.0259. The SMILES string of the molecule is CC(Nc1nn2cc(C(C)(C)C)nc2s1)C1CN(C)CCO1. The molecule has 0 radical (unpaired) electrons. The maximum Gasteiger partial charge on any atom is 0.214 e. The number of imidazole rings is 1. The van der Waals surface area contributed by atoms with Gasteiger partial charge in [-0.1, -0.05) is 32.1 Å². The summed E-state index contributed by atoms with van der Waals surface area (Å²) in [6.45, 7) is 11.4. The third-order valence-corrected chi connectivity index (χ3v) is 4.87. The fourth-order valence-corrected chi connectivity index (χ4v) is 3.40. The monoisotopic (exact) mass is 323 g/mol. The Balaban J connectivity index is 1.70. The highest BCUT2D eigenvalue weighted by atomic mass is 32.1. The van der Waals surface area contributed by atoms with E-state index in [0.717, 1.165) is 35.5 Å². The first-order valence-electron chi connectivity index (χ1n) is 7.76. The van der Waals surface area contributed by atoms with Crippen LogP contribution in [0.3, 0.4) is 0 Å². The molecule has 0 spiro atoms. The average molecular weight is 323 g/mol. The number of ether oxygens (including phenoxy) is 1. The van der Waals surface area contributed by atoms with E-state index in [1.165, 1.54) is 0 Å². The third-order valence-electron chi connectivity index (χ3n) is 4.02. The fraction of sp³-hybridized carbons (Fsp3) is 0.733. The van der Waals surface area contributed by atoms with Crippen LogP contribution >= 0.6 is 11.3 Å². The second kappa shape index (κ2) is 5.79. The van der Waals surface area contributed by atoms with Gasteiger partial charge in [-0.15, -0.1) is 5.10 Å². The number of anilines is 1. The van der Waals surface area contributed by atoms with Crippen LogP contribution in [0.25, 0.3) is 4.96 Å². The van der Waals surface area contributed by atoms with Gasteiger partial charge in [-0.05, 0) is 14.0 Å². The largest absolute Gasteiger partial charge is 0.373 e. The summed E-state index contributed by atoms with van der Waals surface area (Å²) in [6.07, 6.45) is 2.21. The first kappa shape index (κ1) is 15.7. The van der Waals surface area contributed by atoms with Crippen molar-refractivity contribution in [1.82, 2.24) is 19.5 Å². The molecule has 0 aliphatic carbocycles. The van der Waals surface area contributed by atoms with Gasteiger partial charge in [-0.2, -0.15) is 0 Å². The van der Waals surface area contributed by atoms with Gasteiger partial charge < -0.3 is 15.0 Å². The van der Waals surface area contributed by atoms with Crippen molar-refractivity contribution in [2.75, 3.05) is 32.1 Å². The van der Waals surface area contributed by atoms with Gasteiger partial charge in [0.15, 0.2) is 0 Å². The third kappa shape index (κ3) is 3.26. The summed E-state index contributed by atoms with van der Waals surface area (Å²) in [6, 6.07) is 0.223. The van der Waals surface area contributed by atoms with Crippen LogP contribution in [-0.2, 0) is 10.2 Å². The van der Waals surface area contributed by atoms with E-state index in [1.54, 1.807) is 11.3 Å². The number of aromatic nitrogens is 3. The summed E-state index contributed by atoms with van der Waals surface area (Å²) in [4.78, 5) is 7.91. The van der Waals surface area contributed by atoms with Crippen LogP contribution in [0, 0.1) is 0 Å². The lowest BCUT2D eigenvalue weighted by atomic mass is 9.93. The van der Waals surface area contributed by atoms with Gasteiger partial charge in [0.05, 0.1) is 30.6 Å². The summed E-state index contributed by atoms with van der Waals surface area (Å²) in [5.74, 6) is 0. The number of nitrogens with one attached hydrogen (secondary N) is 1. The summed E-state index contributed by atoms with van der Waals surface area (Å²) in [5, 5.41) is 8.95. The summed E-state index contributed by atoms with van der Waals surface area (Å²) in [5.41, 5.74) is 1.12. The number of nitrogens with zero attached hydrogens (tertiary/aromatic N) is 4. The second-order valence-electron chi connectivity index (χ2n) is 7.12. The Morgan fingerprint density at radius 3 is 2.86 bits per heavy atom. The number of rotatable bonds is 3. The molecule has 2 atom stereocenters. The van der Waals surface area contributed by atoms with Gasteiger partial charge in [0.2, 0.25) is 10.1 Å². The lowest BCUT2D eigenvalue weighted by Crippen LogP contribution is -2.47. The van der Waals surface area contributed by atoms with Gasteiger partial charge in [-0.3, -0.25) is 0 Å². The highest BCUT2D eigenvalue weighted by Crippen LogP contribution is 2.26. The zero-order chi connectivity index (χ0) is 15.9. The Kier molecular flexibility index (Phi) is 4.13. The van der Waals surface area contributed by atoms with E-state index in [0.29, 0.717) is 0 Å². The predicted octanol–water partition coefficient (Wildman–Crippen LogP) is 2.22. The maximum absolute atomic E-state index is 5.85. The minimum atomic E-state index is 0.0504. The molecule has 122 valence electrons. The van der Waals surface area contributed by atoms with Crippen LogP contribution in [-0.4, -0.2) is 58.4 Å². The molecule has 3 rings (SSSR count). The molecule has 3 heterocycles. The first-order chi connectivity index (χ1) is 10.3. The Morgan fingerprint density at radius 2 is 2.23 bits per heavy atom. The molecule has 2 unspecified atom stereocenters. The van der Waals surface area contributed by atoms with Crippen molar-refractivity contribution in [3.63, 3.8) is 0 Å². The lowest BCUT2D eigenvalue weighted by Gasteiger charge is -2.33. The van der Waals surface area contributed by atoms with Crippen LogP contribution in [0.2, 0.25) is 0 Å². The van der Waals surface area contributed by atoms with E-state index in [2.05, 4.69) is 55.0 Å². The number of hydrogen-bond acceptors (Lipinski definition) is 6. The molecule has 0 aromatic carbocycles. The van der Waals surface area contributed by atoms with E-state index >= 15 is 0 Å². The van der Waals surface area contributed by atoms with Crippen molar-refractivity contribution >= 4 is 21.4 Å². The maximum atomic E-state index is 5.85. The van der Waals surface area contributed by atoms with Gasteiger partial charge in [0.1, 0.15) is 0 Å². The molecule has 1 saturated heterocycles. The normalized spacial score (nSPS) is 22.1. The van der Waals surface area contributed by atoms with E-state index < -0.39 is 0 Å². The molecule has 2 aromatic heterocycles. The molecule has 1 fully saturated rings. The standard InChI is InChI=1S/C15H25N5OS/c1-10(11-8-19(5)6-7-21-11)16-13-18-20-9-12(15(2,3)4)17-14(20)22-13/h9-11H,6-8H2,1-5H3,(H,16,18). The molecular formula is C15H25N5OS. The summed E-state index contributed by atoms with van der Waals surface area (Å²) < 4.78 is 7.72. The van der Waals surface area contributed by atoms with Crippen LogP contribution in [0.1, 0.15) is 33.4 Å². The van der Waals surface area contributed by atoms with E-state index in [4.69, 9.17) is 4.74 Å². The topological polar surface area (TPSA) is 54.7 Å². The molecule has 2 aromatic rings. The minimum Gasteiger partial charge on any atom is -0.373 e. The van der Waals surface area contributed by atoms with Gasteiger partial charge in [0, 0.05) is 18.5 Å². The molecule has 0 amide bonds. The van der Waals surface area contributed by atoms with Crippen molar-refractivity contribution in [2.24, 2.45) is 0 Å². The van der Waals surface area contributed by atoms with Crippen LogP contribution in [0.15, 0.2) is 6.20 Å². The molecular weight excluding hydrogens is 298 g/mol. The highest BCUT2D eigenvalue weighted by Gasteiger charge is 2.25. The van der Waals surface area contributed by atoms with Crippen LogP contribution < -0.4 is 5.32 Å². The van der Waals surface area contributed by atoms with Crippen molar-refractivity contribution in [3.05, 3.63) is 11.9 Å². The number of morpholine rings is 1. The van der Waals surface area contributed by atoms with Crippen molar-refractivity contribution < 1.29 is 4.74 Å². The fourth-order valence-electron chi connectivity index (χ4n) is 2.52. The zero-order valence-corrected chi connectivity index (χ0v) is 14.8. The van der Waals surface area contributed by atoms with Gasteiger partial charge >= 0.3 is 0 Å². The molecule has 6 nitrogen and oxygen atoms in total. The molecule has 22 heavy (non-hydrogen) atoms. The molecule has 1 aliphatic heterocycles. The molecule has 0 bridgehead atoms. The van der Waals surface area contributed by atoms with Crippen LogP contribution in [0.5, 0.6) is 0 Å². The summed E-state index contributed by atoms with van der Waals surface area (Å²) >= 11 is 1.59. The van der Waals surface area contributed by atoms with Gasteiger partial charge in [-0.25, -0.2) is 9.50 Å². The quantitative estimate of drug-likeness (QED) is 0.938. The van der Waals surface area contributed by atoms with E-state index in [9.17, 15) is 0 Å². The van der Waals surface area contributed by atoms with Crippen LogP contribution in [0.4, 0.5) is 5.13 Å². The second-order valence-corrected chi connectivity index (χ2v) is 8.07. The van der Waals surface area contributed by atoms with E-state index in [-0.39, 0.29) is 17.6 Å². The molecule has 7 heteroatoms. The molecule has 1 N–H and O–H groups in total. The Bertz CT molecular complexity index is 612. The number of likely N-dealkylation sites (N-methyl/N-ethyl adjacent to an activating group) is 1. The molecule has 1 aliphatic rings. The predicted molar refractivity (Wildman–Crippen MR) is 89.9 cm³/mol. The van der Waals surface area contributed by atoms with Crippen molar-refractivity contribution in [2.45, 2.75) is 45.3 Å². The number of hydrogen-bond donors (Lipinski definition) is 1. The van der Waals surface area contributed by atoms with Gasteiger partial charge in [0.25, 0.3) is 0 Å². The van der Waals surface area contributed by atoms with E-state index in [1.807, 2.05) is 10.7 Å². The minimum absolute atomic E-state index is 0.0504. The molecule has 0 saturated carbocycles. The zero-order valence-electron chi connectivity index (χ0n) is 14.0. The Morgan fingerprint density at radius 1 is 1.45 bits per heavy atom. The smallest absolute Gasteiger partial charge is 0.214 e. The van der Waals surface area contributed by atoms with Crippen molar-refractivity contribution in [1.29, 1.82) is 0 Å². The average Bonchev–Trinajstić information content (AvgIpc) is 2.96. The van der Waals surface area contributed by atoms with Crippen molar-refractivity contribution in [3.8, 4) is 0 Å². The first-order valence-corrected chi connectivity index (χ1v) is 8.58. The Labute approximate surface area is 135 Å². The Hall–Kier alpha value is -1.18. The highest BCUT2D eigenvalue weighted by molar-refractivity contribution is 7.20. The summed E-state index contributed by atoms with van der Waals surface area (Å²) in [7, 11) is 2.13.